The van der Waals surface area contributed by atoms with E-state index >= 15 is 0 Å². The standard InChI is InChI=1S/C18H22ClNO/c1-3-21-13-16-6-4-5-7-18(16)20-14(2)12-15-8-10-17(19)11-9-15/h4-11,14,20H,3,12-13H2,1-2H3. The molecule has 0 aliphatic heterocycles. The summed E-state index contributed by atoms with van der Waals surface area (Å²) in [5, 5.41) is 4.35. The minimum absolute atomic E-state index is 0.342. The Morgan fingerprint density at radius 1 is 1.10 bits per heavy atom. The number of para-hydroxylation sites is 1. The molecule has 0 saturated heterocycles. The lowest BCUT2D eigenvalue weighted by molar-refractivity contribution is 0.134. The van der Waals surface area contributed by atoms with Crippen LogP contribution in [0.15, 0.2) is 48.5 Å². The van der Waals surface area contributed by atoms with E-state index in [-0.39, 0.29) is 0 Å². The van der Waals surface area contributed by atoms with Crippen molar-refractivity contribution in [3.8, 4) is 0 Å². The van der Waals surface area contributed by atoms with Gasteiger partial charge in [0.15, 0.2) is 0 Å². The van der Waals surface area contributed by atoms with Gasteiger partial charge in [-0.05, 0) is 44.0 Å². The zero-order chi connectivity index (χ0) is 15.1. The number of rotatable bonds is 7. The van der Waals surface area contributed by atoms with Crippen molar-refractivity contribution in [2.24, 2.45) is 0 Å². The molecule has 0 aliphatic carbocycles. The summed E-state index contributed by atoms with van der Waals surface area (Å²) in [6.07, 6.45) is 0.958. The van der Waals surface area contributed by atoms with Gasteiger partial charge in [0, 0.05) is 28.9 Å². The van der Waals surface area contributed by atoms with Gasteiger partial charge in [0.1, 0.15) is 0 Å². The first-order chi connectivity index (χ1) is 10.2. The number of hydrogen-bond donors (Lipinski definition) is 1. The van der Waals surface area contributed by atoms with Crippen molar-refractivity contribution < 1.29 is 4.74 Å². The average molecular weight is 304 g/mol. The van der Waals surface area contributed by atoms with Crippen molar-refractivity contribution in [3.05, 3.63) is 64.7 Å². The van der Waals surface area contributed by atoms with Crippen LogP contribution in [0, 0.1) is 0 Å². The van der Waals surface area contributed by atoms with Gasteiger partial charge >= 0.3 is 0 Å². The zero-order valence-electron chi connectivity index (χ0n) is 12.6. The van der Waals surface area contributed by atoms with Gasteiger partial charge in [-0.3, -0.25) is 0 Å². The van der Waals surface area contributed by atoms with Gasteiger partial charge in [0.2, 0.25) is 0 Å². The fourth-order valence-corrected chi connectivity index (χ4v) is 2.42. The monoisotopic (exact) mass is 303 g/mol. The van der Waals surface area contributed by atoms with Crippen LogP contribution in [0.5, 0.6) is 0 Å². The molecule has 3 heteroatoms. The molecule has 0 aromatic heterocycles. The summed E-state index contributed by atoms with van der Waals surface area (Å²) < 4.78 is 5.52. The quantitative estimate of drug-likeness (QED) is 0.784. The average Bonchev–Trinajstić information content (AvgIpc) is 2.49. The Morgan fingerprint density at radius 3 is 2.52 bits per heavy atom. The Bertz CT molecular complexity index is 553. The lowest BCUT2D eigenvalue weighted by Gasteiger charge is -2.18. The first kappa shape index (κ1) is 15.9. The summed E-state index contributed by atoms with van der Waals surface area (Å²) in [4.78, 5) is 0. The summed E-state index contributed by atoms with van der Waals surface area (Å²) in [6, 6.07) is 16.7. The van der Waals surface area contributed by atoms with Gasteiger partial charge in [0.05, 0.1) is 6.61 Å². The fourth-order valence-electron chi connectivity index (χ4n) is 2.29. The Hall–Kier alpha value is -1.51. The third kappa shape index (κ3) is 5.07. The van der Waals surface area contributed by atoms with Crippen molar-refractivity contribution in [2.45, 2.75) is 32.9 Å². The Labute approximate surface area is 132 Å². The molecule has 1 unspecified atom stereocenters. The van der Waals surface area contributed by atoms with E-state index in [0.717, 1.165) is 23.7 Å². The molecular formula is C18H22ClNO. The molecule has 1 N–H and O–H groups in total. The predicted octanol–water partition coefficient (Wildman–Crippen LogP) is 4.92. The third-order valence-corrected chi connectivity index (χ3v) is 3.59. The molecule has 2 nitrogen and oxygen atoms in total. The van der Waals surface area contributed by atoms with Crippen LogP contribution >= 0.6 is 11.6 Å². The number of nitrogens with one attached hydrogen (secondary N) is 1. The zero-order valence-corrected chi connectivity index (χ0v) is 13.4. The van der Waals surface area contributed by atoms with E-state index in [4.69, 9.17) is 16.3 Å². The van der Waals surface area contributed by atoms with Crippen molar-refractivity contribution in [2.75, 3.05) is 11.9 Å². The van der Waals surface area contributed by atoms with E-state index in [9.17, 15) is 0 Å². The Balaban J connectivity index is 1.98. The van der Waals surface area contributed by atoms with E-state index in [1.54, 1.807) is 0 Å². The minimum atomic E-state index is 0.342. The molecule has 2 aromatic rings. The summed E-state index contributed by atoms with van der Waals surface area (Å²) in [5.74, 6) is 0. The Kier molecular flexibility index (Phi) is 6.09. The molecule has 2 aromatic carbocycles. The number of hydrogen-bond acceptors (Lipinski definition) is 2. The molecule has 0 aliphatic rings. The fraction of sp³-hybridized carbons (Fsp3) is 0.333. The van der Waals surface area contributed by atoms with E-state index in [2.05, 4.69) is 36.5 Å². The van der Waals surface area contributed by atoms with E-state index < -0.39 is 0 Å². The van der Waals surface area contributed by atoms with Gasteiger partial charge in [-0.1, -0.05) is 41.9 Å². The van der Waals surface area contributed by atoms with Gasteiger partial charge in [-0.15, -0.1) is 0 Å². The largest absolute Gasteiger partial charge is 0.382 e. The first-order valence-corrected chi connectivity index (χ1v) is 7.73. The molecule has 21 heavy (non-hydrogen) atoms. The van der Waals surface area contributed by atoms with Gasteiger partial charge in [-0.25, -0.2) is 0 Å². The van der Waals surface area contributed by atoms with Crippen LogP contribution in [0.25, 0.3) is 0 Å². The maximum absolute atomic E-state index is 5.92. The highest BCUT2D eigenvalue weighted by Gasteiger charge is 2.07. The van der Waals surface area contributed by atoms with Crippen LogP contribution in [-0.2, 0) is 17.8 Å². The summed E-state index contributed by atoms with van der Waals surface area (Å²) in [7, 11) is 0. The molecule has 0 spiro atoms. The van der Waals surface area contributed by atoms with E-state index in [1.165, 1.54) is 11.1 Å². The number of anilines is 1. The predicted molar refractivity (Wildman–Crippen MR) is 90.0 cm³/mol. The number of ether oxygens (including phenoxy) is 1. The van der Waals surface area contributed by atoms with Crippen molar-refractivity contribution in [1.29, 1.82) is 0 Å². The van der Waals surface area contributed by atoms with Crippen molar-refractivity contribution in [3.63, 3.8) is 0 Å². The second-order valence-corrected chi connectivity index (χ2v) is 5.61. The minimum Gasteiger partial charge on any atom is -0.382 e. The SMILES string of the molecule is CCOCc1ccccc1NC(C)Cc1ccc(Cl)cc1. The van der Waals surface area contributed by atoms with Gasteiger partial charge in [0.25, 0.3) is 0 Å². The van der Waals surface area contributed by atoms with Crippen LogP contribution in [0.2, 0.25) is 5.02 Å². The van der Waals surface area contributed by atoms with Crippen LogP contribution in [0.1, 0.15) is 25.0 Å². The molecule has 2 rings (SSSR count). The second kappa shape index (κ2) is 8.06. The Morgan fingerprint density at radius 2 is 1.81 bits per heavy atom. The number of halogens is 1. The summed E-state index contributed by atoms with van der Waals surface area (Å²) in [6.45, 7) is 5.58. The second-order valence-electron chi connectivity index (χ2n) is 5.17. The van der Waals surface area contributed by atoms with E-state index in [1.807, 2.05) is 31.2 Å². The molecular weight excluding hydrogens is 282 g/mol. The molecule has 0 radical (unpaired) electrons. The molecule has 1 atom stereocenters. The van der Waals surface area contributed by atoms with Gasteiger partial charge < -0.3 is 10.1 Å². The highest BCUT2D eigenvalue weighted by Crippen LogP contribution is 2.19. The highest BCUT2D eigenvalue weighted by atomic mass is 35.5. The maximum Gasteiger partial charge on any atom is 0.0736 e. The molecule has 112 valence electrons. The lowest BCUT2D eigenvalue weighted by atomic mass is 10.1. The van der Waals surface area contributed by atoms with Crippen molar-refractivity contribution >= 4 is 17.3 Å². The summed E-state index contributed by atoms with van der Waals surface area (Å²) >= 11 is 5.92. The van der Waals surface area contributed by atoms with Crippen molar-refractivity contribution in [1.82, 2.24) is 0 Å². The van der Waals surface area contributed by atoms with Crippen LogP contribution in [0.3, 0.4) is 0 Å². The first-order valence-electron chi connectivity index (χ1n) is 7.35. The normalized spacial score (nSPS) is 12.1. The van der Waals surface area contributed by atoms with E-state index in [0.29, 0.717) is 12.6 Å². The lowest BCUT2D eigenvalue weighted by Crippen LogP contribution is -2.19. The topological polar surface area (TPSA) is 21.3 Å². The molecule has 0 heterocycles. The molecule has 0 bridgehead atoms. The molecule has 0 amide bonds. The maximum atomic E-state index is 5.92. The van der Waals surface area contributed by atoms with Crippen LogP contribution in [-0.4, -0.2) is 12.6 Å². The highest BCUT2D eigenvalue weighted by molar-refractivity contribution is 6.30. The third-order valence-electron chi connectivity index (χ3n) is 3.34. The number of benzene rings is 2. The van der Waals surface area contributed by atoms with Crippen LogP contribution in [0.4, 0.5) is 5.69 Å². The summed E-state index contributed by atoms with van der Waals surface area (Å²) in [5.41, 5.74) is 3.62. The molecule has 0 fully saturated rings. The van der Waals surface area contributed by atoms with Gasteiger partial charge in [-0.2, -0.15) is 0 Å². The van der Waals surface area contributed by atoms with Crippen LogP contribution < -0.4 is 5.32 Å². The molecule has 0 saturated carbocycles. The smallest absolute Gasteiger partial charge is 0.0736 e.